The first-order valence-corrected chi connectivity index (χ1v) is 6.36. The number of imidazole rings is 1. The maximum absolute atomic E-state index is 4.53. The van der Waals surface area contributed by atoms with E-state index in [0.29, 0.717) is 12.1 Å². The molecule has 0 aliphatic carbocycles. The van der Waals surface area contributed by atoms with Crippen molar-refractivity contribution < 1.29 is 0 Å². The Balaban J connectivity index is 2.76. The van der Waals surface area contributed by atoms with E-state index < -0.39 is 0 Å². The molecule has 0 spiro atoms. The number of aryl methyl sites for hydroxylation is 1. The Labute approximate surface area is 99.3 Å². The van der Waals surface area contributed by atoms with Gasteiger partial charge in [0.25, 0.3) is 0 Å². The molecule has 16 heavy (non-hydrogen) atoms. The fourth-order valence-electron chi connectivity index (χ4n) is 1.86. The third-order valence-corrected chi connectivity index (χ3v) is 2.72. The van der Waals surface area contributed by atoms with Gasteiger partial charge in [-0.1, -0.05) is 19.8 Å². The predicted molar refractivity (Wildman–Crippen MR) is 70.0 cm³/mol. The molecule has 0 aliphatic rings. The molecule has 0 aromatic carbocycles. The van der Waals surface area contributed by atoms with Crippen LogP contribution in [0, 0.1) is 6.92 Å². The minimum Gasteiger partial charge on any atom is -0.353 e. The summed E-state index contributed by atoms with van der Waals surface area (Å²) in [5, 5.41) is 3.40. The average Bonchev–Trinajstić information content (AvgIpc) is 2.55. The van der Waals surface area contributed by atoms with Gasteiger partial charge in [-0.2, -0.15) is 0 Å². The number of anilines is 1. The van der Waals surface area contributed by atoms with Crippen LogP contribution in [0.25, 0.3) is 0 Å². The van der Waals surface area contributed by atoms with Gasteiger partial charge >= 0.3 is 0 Å². The van der Waals surface area contributed by atoms with Crippen molar-refractivity contribution in [3.8, 4) is 0 Å². The van der Waals surface area contributed by atoms with E-state index in [0.717, 1.165) is 11.6 Å². The quantitative estimate of drug-likeness (QED) is 0.795. The maximum atomic E-state index is 4.53. The van der Waals surface area contributed by atoms with Crippen LogP contribution in [0.3, 0.4) is 0 Å². The van der Waals surface area contributed by atoms with Gasteiger partial charge in [-0.3, -0.25) is 0 Å². The summed E-state index contributed by atoms with van der Waals surface area (Å²) >= 11 is 0. The zero-order valence-electron chi connectivity index (χ0n) is 11.2. The molecule has 0 radical (unpaired) electrons. The van der Waals surface area contributed by atoms with Gasteiger partial charge in [0, 0.05) is 18.3 Å². The number of unbranched alkanes of at least 4 members (excludes halogenated alkanes) is 1. The van der Waals surface area contributed by atoms with Crippen LogP contribution in [0.4, 0.5) is 5.95 Å². The van der Waals surface area contributed by atoms with Gasteiger partial charge < -0.3 is 9.88 Å². The molecule has 1 aromatic rings. The summed E-state index contributed by atoms with van der Waals surface area (Å²) in [5.41, 5.74) is 1.09. The SMILES string of the molecule is CCCCC(C)n1cc(C)nc1NC(C)C. The number of hydrogen-bond acceptors (Lipinski definition) is 2. The van der Waals surface area contributed by atoms with Crippen molar-refractivity contribution in [2.75, 3.05) is 5.32 Å². The van der Waals surface area contributed by atoms with E-state index in [4.69, 9.17) is 0 Å². The number of nitrogens with zero attached hydrogens (tertiary/aromatic N) is 2. The summed E-state index contributed by atoms with van der Waals surface area (Å²) in [6.07, 6.45) is 5.90. The fourth-order valence-corrected chi connectivity index (χ4v) is 1.86. The highest BCUT2D eigenvalue weighted by Gasteiger charge is 2.11. The standard InChI is InChI=1S/C13H25N3/c1-6-7-8-12(5)16-9-11(4)15-13(16)14-10(2)3/h9-10,12H,6-8H2,1-5H3,(H,14,15). The van der Waals surface area contributed by atoms with Crippen LogP contribution in [-0.2, 0) is 0 Å². The highest BCUT2D eigenvalue weighted by Crippen LogP contribution is 2.21. The molecule has 0 fully saturated rings. The number of aromatic nitrogens is 2. The first kappa shape index (κ1) is 13.1. The maximum Gasteiger partial charge on any atom is 0.203 e. The molecule has 0 saturated carbocycles. The van der Waals surface area contributed by atoms with Gasteiger partial charge in [0.05, 0.1) is 5.69 Å². The molecule has 1 unspecified atom stereocenters. The Hall–Kier alpha value is -0.990. The predicted octanol–water partition coefficient (Wildman–Crippen LogP) is 3.76. The Bertz CT molecular complexity index is 315. The molecule has 0 bridgehead atoms. The van der Waals surface area contributed by atoms with Crippen LogP contribution in [0.1, 0.15) is 58.7 Å². The van der Waals surface area contributed by atoms with Crippen molar-refractivity contribution in [2.24, 2.45) is 0 Å². The van der Waals surface area contributed by atoms with Crippen molar-refractivity contribution in [2.45, 2.75) is 66.0 Å². The molecule has 1 rings (SSSR count). The lowest BCUT2D eigenvalue weighted by molar-refractivity contribution is 0.487. The lowest BCUT2D eigenvalue weighted by Gasteiger charge is -2.18. The third kappa shape index (κ3) is 3.54. The summed E-state index contributed by atoms with van der Waals surface area (Å²) in [6, 6.07) is 0.960. The number of hydrogen-bond donors (Lipinski definition) is 1. The average molecular weight is 223 g/mol. The van der Waals surface area contributed by atoms with Crippen molar-refractivity contribution in [3.63, 3.8) is 0 Å². The molecule has 3 heteroatoms. The molecule has 1 N–H and O–H groups in total. The zero-order chi connectivity index (χ0) is 12.1. The molecule has 1 atom stereocenters. The monoisotopic (exact) mass is 223 g/mol. The van der Waals surface area contributed by atoms with Crippen molar-refractivity contribution in [1.82, 2.24) is 9.55 Å². The van der Waals surface area contributed by atoms with E-state index in [9.17, 15) is 0 Å². The summed E-state index contributed by atoms with van der Waals surface area (Å²) in [6.45, 7) is 10.8. The van der Waals surface area contributed by atoms with Crippen LogP contribution >= 0.6 is 0 Å². The Morgan fingerprint density at radius 1 is 1.38 bits per heavy atom. The second-order valence-electron chi connectivity index (χ2n) is 4.90. The Kier molecular flexibility index (Phi) is 4.84. The van der Waals surface area contributed by atoms with E-state index in [1.807, 2.05) is 0 Å². The molecular weight excluding hydrogens is 198 g/mol. The van der Waals surface area contributed by atoms with Gasteiger partial charge in [0.1, 0.15) is 0 Å². The molecule has 0 saturated heterocycles. The van der Waals surface area contributed by atoms with Crippen LogP contribution in [-0.4, -0.2) is 15.6 Å². The Morgan fingerprint density at radius 2 is 2.06 bits per heavy atom. The van der Waals surface area contributed by atoms with E-state index >= 15 is 0 Å². The Morgan fingerprint density at radius 3 is 2.62 bits per heavy atom. The first-order chi connectivity index (χ1) is 7.54. The van der Waals surface area contributed by atoms with Gasteiger partial charge in [0.15, 0.2) is 0 Å². The van der Waals surface area contributed by atoms with Crippen LogP contribution in [0.15, 0.2) is 6.20 Å². The summed E-state index contributed by atoms with van der Waals surface area (Å²) in [7, 11) is 0. The van der Waals surface area contributed by atoms with E-state index in [1.54, 1.807) is 0 Å². The van der Waals surface area contributed by atoms with Crippen LogP contribution in [0.5, 0.6) is 0 Å². The zero-order valence-corrected chi connectivity index (χ0v) is 11.2. The third-order valence-electron chi connectivity index (χ3n) is 2.72. The van der Waals surface area contributed by atoms with E-state index in [2.05, 4.69) is 55.7 Å². The minimum atomic E-state index is 0.430. The van der Waals surface area contributed by atoms with Gasteiger partial charge in [0.2, 0.25) is 5.95 Å². The highest BCUT2D eigenvalue weighted by molar-refractivity contribution is 5.30. The number of rotatable bonds is 6. The number of nitrogens with one attached hydrogen (secondary N) is 1. The highest BCUT2D eigenvalue weighted by atomic mass is 15.2. The smallest absolute Gasteiger partial charge is 0.203 e. The van der Waals surface area contributed by atoms with Crippen molar-refractivity contribution >= 4 is 5.95 Å². The molecule has 0 aliphatic heterocycles. The lowest BCUT2D eigenvalue weighted by atomic mass is 10.1. The van der Waals surface area contributed by atoms with Crippen LogP contribution in [0.2, 0.25) is 0 Å². The van der Waals surface area contributed by atoms with Crippen molar-refractivity contribution in [1.29, 1.82) is 0 Å². The van der Waals surface area contributed by atoms with E-state index in [-0.39, 0.29) is 0 Å². The molecule has 3 nitrogen and oxygen atoms in total. The second-order valence-corrected chi connectivity index (χ2v) is 4.90. The molecular formula is C13H25N3. The van der Waals surface area contributed by atoms with Gasteiger partial charge in [-0.05, 0) is 34.1 Å². The topological polar surface area (TPSA) is 29.9 Å². The van der Waals surface area contributed by atoms with Crippen molar-refractivity contribution in [3.05, 3.63) is 11.9 Å². The molecule has 0 amide bonds. The first-order valence-electron chi connectivity index (χ1n) is 6.36. The summed E-state index contributed by atoms with van der Waals surface area (Å²) in [5.74, 6) is 1.01. The van der Waals surface area contributed by atoms with E-state index in [1.165, 1.54) is 19.3 Å². The molecule has 92 valence electrons. The molecule has 1 heterocycles. The normalized spacial score (nSPS) is 13.1. The lowest BCUT2D eigenvalue weighted by Crippen LogP contribution is -2.16. The second kappa shape index (κ2) is 5.92. The molecule has 1 aromatic heterocycles. The largest absolute Gasteiger partial charge is 0.353 e. The van der Waals surface area contributed by atoms with Gasteiger partial charge in [-0.25, -0.2) is 4.98 Å². The summed E-state index contributed by atoms with van der Waals surface area (Å²) in [4.78, 5) is 4.53. The minimum absolute atomic E-state index is 0.430. The van der Waals surface area contributed by atoms with Gasteiger partial charge in [-0.15, -0.1) is 0 Å². The fraction of sp³-hybridized carbons (Fsp3) is 0.769. The summed E-state index contributed by atoms with van der Waals surface area (Å²) < 4.78 is 2.27. The van der Waals surface area contributed by atoms with Crippen LogP contribution < -0.4 is 5.32 Å².